The van der Waals surface area contributed by atoms with Crippen LogP contribution in [-0.2, 0) is 10.3 Å². The first kappa shape index (κ1) is 11.1. The van der Waals surface area contributed by atoms with E-state index in [1.54, 1.807) is 6.92 Å². The fourth-order valence-corrected chi connectivity index (χ4v) is 2.59. The Morgan fingerprint density at radius 3 is 2.88 bits per heavy atom. The fraction of sp³-hybridized carbons (Fsp3) is 0.400. The molecule has 86 valence electrons. The van der Waals surface area contributed by atoms with Gasteiger partial charge in [0.2, 0.25) is 0 Å². The summed E-state index contributed by atoms with van der Waals surface area (Å²) in [5, 5.41) is 4.59. The zero-order valence-corrected chi connectivity index (χ0v) is 9.71. The van der Waals surface area contributed by atoms with Crippen molar-refractivity contribution >= 4 is 23.3 Å². The van der Waals surface area contributed by atoms with E-state index in [1.807, 2.05) is 17.5 Å². The number of nitrogens with zero attached hydrogens (tertiary/aromatic N) is 1. The van der Waals surface area contributed by atoms with E-state index in [1.165, 1.54) is 16.2 Å². The summed E-state index contributed by atoms with van der Waals surface area (Å²) in [4.78, 5) is 25.8. The first-order valence-corrected chi connectivity index (χ1v) is 5.85. The molecule has 3 amide bonds. The molecule has 2 rings (SSSR count). The lowest BCUT2D eigenvalue weighted by Gasteiger charge is -2.19. The van der Waals surface area contributed by atoms with Crippen LogP contribution in [0.5, 0.6) is 0 Å². The van der Waals surface area contributed by atoms with E-state index in [-0.39, 0.29) is 25.0 Å². The van der Waals surface area contributed by atoms with Gasteiger partial charge in [-0.05, 0) is 18.4 Å². The van der Waals surface area contributed by atoms with Crippen molar-refractivity contribution in [2.75, 3.05) is 13.1 Å². The summed E-state index contributed by atoms with van der Waals surface area (Å²) in [6.45, 7) is 2.25. The standard InChI is InChI=1S/C10H13N3O2S/c1-10(7-3-2-6-16-7)8(14)13(5-4-11)9(15)12-10/h2-3,6H,4-5,11H2,1H3,(H,12,15). The number of rotatable bonds is 3. The van der Waals surface area contributed by atoms with Gasteiger partial charge in [-0.25, -0.2) is 4.79 Å². The molecule has 1 fully saturated rings. The number of imide groups is 1. The normalized spacial score (nSPS) is 25.0. The van der Waals surface area contributed by atoms with E-state index < -0.39 is 5.54 Å². The van der Waals surface area contributed by atoms with Crippen LogP contribution in [-0.4, -0.2) is 29.9 Å². The summed E-state index contributed by atoms with van der Waals surface area (Å²) in [6.07, 6.45) is 0. The van der Waals surface area contributed by atoms with Gasteiger partial charge in [0.25, 0.3) is 5.91 Å². The highest BCUT2D eigenvalue weighted by atomic mass is 32.1. The van der Waals surface area contributed by atoms with Crippen LogP contribution in [0.1, 0.15) is 11.8 Å². The van der Waals surface area contributed by atoms with E-state index in [2.05, 4.69) is 5.32 Å². The Bertz CT molecular complexity index is 418. The average molecular weight is 239 g/mol. The first-order chi connectivity index (χ1) is 7.59. The van der Waals surface area contributed by atoms with Crippen molar-refractivity contribution in [3.05, 3.63) is 22.4 Å². The van der Waals surface area contributed by atoms with Crippen molar-refractivity contribution in [3.8, 4) is 0 Å². The van der Waals surface area contributed by atoms with Gasteiger partial charge in [0.05, 0.1) is 0 Å². The minimum atomic E-state index is -0.930. The molecule has 6 heteroatoms. The topological polar surface area (TPSA) is 75.4 Å². The Morgan fingerprint density at radius 1 is 1.56 bits per heavy atom. The van der Waals surface area contributed by atoms with Crippen LogP contribution in [0.4, 0.5) is 4.79 Å². The Balaban J connectivity index is 2.32. The van der Waals surface area contributed by atoms with E-state index in [0.717, 1.165) is 4.88 Å². The summed E-state index contributed by atoms with van der Waals surface area (Å²) in [6, 6.07) is 3.33. The van der Waals surface area contributed by atoms with E-state index in [4.69, 9.17) is 5.73 Å². The molecule has 1 aromatic heterocycles. The lowest BCUT2D eigenvalue weighted by Crippen LogP contribution is -2.40. The van der Waals surface area contributed by atoms with Crippen molar-refractivity contribution in [2.24, 2.45) is 5.73 Å². The molecule has 1 aliphatic heterocycles. The van der Waals surface area contributed by atoms with Crippen LogP contribution in [0, 0.1) is 0 Å². The molecule has 1 atom stereocenters. The second-order valence-electron chi connectivity index (χ2n) is 3.78. The van der Waals surface area contributed by atoms with Gasteiger partial charge >= 0.3 is 6.03 Å². The molecule has 0 aliphatic carbocycles. The zero-order chi connectivity index (χ0) is 11.8. The lowest BCUT2D eigenvalue weighted by atomic mass is 10.0. The number of thiophene rings is 1. The molecule has 3 N–H and O–H groups in total. The first-order valence-electron chi connectivity index (χ1n) is 4.98. The van der Waals surface area contributed by atoms with Gasteiger partial charge in [0.1, 0.15) is 0 Å². The number of nitrogens with one attached hydrogen (secondary N) is 1. The maximum Gasteiger partial charge on any atom is 0.325 e. The molecule has 1 aromatic rings. The number of hydrogen-bond acceptors (Lipinski definition) is 4. The molecule has 2 heterocycles. The highest BCUT2D eigenvalue weighted by Gasteiger charge is 2.49. The van der Waals surface area contributed by atoms with Gasteiger partial charge in [-0.3, -0.25) is 9.69 Å². The summed E-state index contributed by atoms with van der Waals surface area (Å²) < 4.78 is 0. The summed E-state index contributed by atoms with van der Waals surface area (Å²) >= 11 is 1.45. The Hall–Kier alpha value is -1.40. The van der Waals surface area contributed by atoms with Gasteiger partial charge < -0.3 is 11.1 Å². The highest BCUT2D eigenvalue weighted by molar-refractivity contribution is 7.10. The van der Waals surface area contributed by atoms with Crippen LogP contribution in [0.25, 0.3) is 0 Å². The number of carbonyl (C=O) groups excluding carboxylic acids is 2. The molecule has 5 nitrogen and oxygen atoms in total. The number of carbonyl (C=O) groups is 2. The van der Waals surface area contributed by atoms with Gasteiger partial charge in [0.15, 0.2) is 5.54 Å². The van der Waals surface area contributed by atoms with Crippen LogP contribution < -0.4 is 11.1 Å². The Morgan fingerprint density at radius 2 is 2.31 bits per heavy atom. The van der Waals surface area contributed by atoms with Crippen LogP contribution in [0.15, 0.2) is 17.5 Å². The van der Waals surface area contributed by atoms with Gasteiger partial charge in [-0.15, -0.1) is 11.3 Å². The maximum absolute atomic E-state index is 12.1. The molecule has 0 aromatic carbocycles. The number of urea groups is 1. The molecule has 1 unspecified atom stereocenters. The predicted molar refractivity (Wildman–Crippen MR) is 61.0 cm³/mol. The summed E-state index contributed by atoms with van der Waals surface area (Å²) in [5.41, 5.74) is 4.44. The van der Waals surface area contributed by atoms with Crippen LogP contribution in [0.3, 0.4) is 0 Å². The fourth-order valence-electron chi connectivity index (χ4n) is 1.76. The Labute approximate surface area is 97.2 Å². The second-order valence-corrected chi connectivity index (χ2v) is 4.73. The van der Waals surface area contributed by atoms with Crippen molar-refractivity contribution < 1.29 is 9.59 Å². The predicted octanol–water partition coefficient (Wildman–Crippen LogP) is 0.474. The Kier molecular flexibility index (Phi) is 2.69. The highest BCUT2D eigenvalue weighted by Crippen LogP contribution is 2.31. The molecule has 16 heavy (non-hydrogen) atoms. The molecular weight excluding hydrogens is 226 g/mol. The van der Waals surface area contributed by atoms with Crippen LogP contribution >= 0.6 is 11.3 Å². The number of hydrogen-bond donors (Lipinski definition) is 2. The molecule has 1 aliphatic rings. The molecule has 0 radical (unpaired) electrons. The quantitative estimate of drug-likeness (QED) is 0.753. The number of amides is 3. The second kappa shape index (κ2) is 3.88. The monoisotopic (exact) mass is 239 g/mol. The molecule has 0 bridgehead atoms. The minimum absolute atomic E-state index is 0.231. The van der Waals surface area contributed by atoms with Gasteiger partial charge in [0, 0.05) is 18.0 Å². The van der Waals surface area contributed by atoms with Crippen molar-refractivity contribution in [2.45, 2.75) is 12.5 Å². The minimum Gasteiger partial charge on any atom is -0.329 e. The zero-order valence-electron chi connectivity index (χ0n) is 8.90. The van der Waals surface area contributed by atoms with Crippen LogP contribution in [0.2, 0.25) is 0 Å². The van der Waals surface area contributed by atoms with E-state index >= 15 is 0 Å². The van der Waals surface area contributed by atoms with Crippen molar-refractivity contribution in [1.82, 2.24) is 10.2 Å². The third-order valence-corrected chi connectivity index (χ3v) is 3.73. The lowest BCUT2D eigenvalue weighted by molar-refractivity contribution is -0.130. The van der Waals surface area contributed by atoms with E-state index in [9.17, 15) is 9.59 Å². The summed E-state index contributed by atoms with van der Waals surface area (Å²) in [5.74, 6) is -0.231. The molecule has 0 saturated carbocycles. The molecule has 1 saturated heterocycles. The van der Waals surface area contributed by atoms with E-state index in [0.29, 0.717) is 0 Å². The smallest absolute Gasteiger partial charge is 0.325 e. The molecular formula is C10H13N3O2S. The third kappa shape index (κ3) is 1.50. The van der Waals surface area contributed by atoms with Gasteiger partial charge in [-0.1, -0.05) is 6.07 Å². The SMILES string of the molecule is CC1(c2cccs2)NC(=O)N(CCN)C1=O. The maximum atomic E-state index is 12.1. The average Bonchev–Trinajstić information content (AvgIpc) is 2.83. The van der Waals surface area contributed by atoms with Crippen molar-refractivity contribution in [3.63, 3.8) is 0 Å². The summed E-state index contributed by atoms with van der Waals surface area (Å²) in [7, 11) is 0. The largest absolute Gasteiger partial charge is 0.329 e. The third-order valence-electron chi connectivity index (χ3n) is 2.64. The van der Waals surface area contributed by atoms with Crippen molar-refractivity contribution in [1.29, 1.82) is 0 Å². The number of nitrogens with two attached hydrogens (primary N) is 1. The van der Waals surface area contributed by atoms with Gasteiger partial charge in [-0.2, -0.15) is 0 Å². The molecule has 0 spiro atoms.